The van der Waals surface area contributed by atoms with Crippen LogP contribution in [-0.4, -0.2) is 33.7 Å². The smallest absolute Gasteiger partial charge is 0.254 e. The number of anilines is 2. The van der Waals surface area contributed by atoms with E-state index in [1.165, 1.54) is 11.3 Å². The number of hydrogen-bond acceptors (Lipinski definition) is 6. The number of benzene rings is 1. The van der Waals surface area contributed by atoms with E-state index in [0.29, 0.717) is 22.1 Å². The van der Waals surface area contributed by atoms with Crippen molar-refractivity contribution in [3.05, 3.63) is 59.6 Å². The molecule has 0 unspecified atom stereocenters. The SMILES string of the molecule is O=C(CC[C@@H]1NC(=O)c2ccccc2NC1=O)Nc1nc(-c2ccccn2)cs1. The van der Waals surface area contributed by atoms with Gasteiger partial charge in [0.1, 0.15) is 11.7 Å². The van der Waals surface area contributed by atoms with Gasteiger partial charge in [0.25, 0.3) is 5.91 Å². The molecule has 2 aromatic heterocycles. The van der Waals surface area contributed by atoms with Crippen molar-refractivity contribution in [2.45, 2.75) is 18.9 Å². The van der Waals surface area contributed by atoms with E-state index in [-0.39, 0.29) is 30.6 Å². The summed E-state index contributed by atoms with van der Waals surface area (Å²) in [6, 6.07) is 11.5. The molecule has 146 valence electrons. The Morgan fingerprint density at radius 2 is 1.93 bits per heavy atom. The first kappa shape index (κ1) is 18.8. The second kappa shape index (κ2) is 8.19. The first-order valence-electron chi connectivity index (χ1n) is 8.98. The standard InChI is InChI=1S/C20H17N5O3S/c26-17(25-20-24-16(11-29-20)14-7-3-4-10-21-14)9-8-15-19(28)22-13-6-2-1-5-12(13)18(27)23-15/h1-7,10-11,15H,8-9H2,(H,22,28)(H,23,27)(H,24,25,26)/t15-/m0/s1. The zero-order chi connectivity index (χ0) is 20.2. The number of nitrogens with zero attached hydrogens (tertiary/aromatic N) is 2. The highest BCUT2D eigenvalue weighted by Crippen LogP contribution is 2.23. The summed E-state index contributed by atoms with van der Waals surface area (Å²) in [5.41, 5.74) is 2.27. The maximum atomic E-state index is 12.4. The Hall–Kier alpha value is -3.59. The summed E-state index contributed by atoms with van der Waals surface area (Å²) in [5, 5.41) is 10.4. The fourth-order valence-corrected chi connectivity index (χ4v) is 3.66. The van der Waals surface area contributed by atoms with E-state index in [1.807, 2.05) is 23.6 Å². The van der Waals surface area contributed by atoms with Crippen LogP contribution >= 0.6 is 11.3 Å². The van der Waals surface area contributed by atoms with Crippen molar-refractivity contribution < 1.29 is 14.4 Å². The van der Waals surface area contributed by atoms with Gasteiger partial charge < -0.3 is 16.0 Å². The highest BCUT2D eigenvalue weighted by molar-refractivity contribution is 7.14. The van der Waals surface area contributed by atoms with E-state index < -0.39 is 6.04 Å². The van der Waals surface area contributed by atoms with Crippen molar-refractivity contribution in [2.24, 2.45) is 0 Å². The molecule has 0 spiro atoms. The topological polar surface area (TPSA) is 113 Å². The number of pyridine rings is 1. The molecular formula is C20H17N5O3S. The first-order chi connectivity index (χ1) is 14.1. The maximum absolute atomic E-state index is 12.4. The van der Waals surface area contributed by atoms with Crippen LogP contribution in [0.1, 0.15) is 23.2 Å². The van der Waals surface area contributed by atoms with Gasteiger partial charge in [-0.25, -0.2) is 4.98 Å². The minimum Gasteiger partial charge on any atom is -0.340 e. The third kappa shape index (κ3) is 4.30. The molecule has 1 aromatic carbocycles. The molecule has 1 atom stereocenters. The number of carbonyl (C=O) groups excluding carboxylic acids is 3. The van der Waals surface area contributed by atoms with Crippen LogP contribution in [0.5, 0.6) is 0 Å². The van der Waals surface area contributed by atoms with Gasteiger partial charge in [0, 0.05) is 18.0 Å². The number of carbonyl (C=O) groups is 3. The molecule has 9 heteroatoms. The van der Waals surface area contributed by atoms with Crippen molar-refractivity contribution in [1.82, 2.24) is 15.3 Å². The number of thiazole rings is 1. The molecule has 0 aliphatic carbocycles. The summed E-state index contributed by atoms with van der Waals surface area (Å²) in [4.78, 5) is 45.6. The fraction of sp³-hybridized carbons (Fsp3) is 0.150. The van der Waals surface area contributed by atoms with Crippen LogP contribution in [-0.2, 0) is 9.59 Å². The minimum absolute atomic E-state index is 0.0627. The van der Waals surface area contributed by atoms with Crippen LogP contribution < -0.4 is 16.0 Å². The van der Waals surface area contributed by atoms with Crippen LogP contribution in [0.25, 0.3) is 11.4 Å². The van der Waals surface area contributed by atoms with Crippen LogP contribution in [0, 0.1) is 0 Å². The molecule has 0 radical (unpaired) electrons. The second-order valence-electron chi connectivity index (χ2n) is 6.40. The van der Waals surface area contributed by atoms with Gasteiger partial charge >= 0.3 is 0 Å². The molecule has 8 nitrogen and oxygen atoms in total. The maximum Gasteiger partial charge on any atom is 0.254 e. The number of nitrogens with one attached hydrogen (secondary N) is 3. The molecule has 3 heterocycles. The molecule has 29 heavy (non-hydrogen) atoms. The Morgan fingerprint density at radius 1 is 1.10 bits per heavy atom. The van der Waals surface area contributed by atoms with Crippen LogP contribution in [0.3, 0.4) is 0 Å². The van der Waals surface area contributed by atoms with Gasteiger partial charge in [0.05, 0.1) is 16.9 Å². The molecule has 1 aliphatic heterocycles. The van der Waals surface area contributed by atoms with Gasteiger partial charge in [-0.15, -0.1) is 11.3 Å². The molecular weight excluding hydrogens is 390 g/mol. The van der Waals surface area contributed by atoms with Crippen LogP contribution in [0.2, 0.25) is 0 Å². The van der Waals surface area contributed by atoms with E-state index in [4.69, 9.17) is 0 Å². The van der Waals surface area contributed by atoms with Gasteiger partial charge in [0.2, 0.25) is 11.8 Å². The van der Waals surface area contributed by atoms with Gasteiger partial charge in [0.15, 0.2) is 5.13 Å². The number of para-hydroxylation sites is 1. The lowest BCUT2D eigenvalue weighted by atomic mass is 10.1. The molecule has 0 saturated heterocycles. The number of hydrogen-bond donors (Lipinski definition) is 3. The Kier molecular flexibility index (Phi) is 5.30. The summed E-state index contributed by atoms with van der Waals surface area (Å²) in [6.07, 6.45) is 1.92. The van der Waals surface area contributed by atoms with Gasteiger partial charge in [-0.1, -0.05) is 18.2 Å². The van der Waals surface area contributed by atoms with Crippen molar-refractivity contribution >= 4 is 39.9 Å². The quantitative estimate of drug-likeness (QED) is 0.602. The predicted octanol–water partition coefficient (Wildman–Crippen LogP) is 2.67. The minimum atomic E-state index is -0.791. The lowest BCUT2D eigenvalue weighted by molar-refractivity contribution is -0.118. The average Bonchev–Trinajstić information content (AvgIpc) is 3.15. The lowest BCUT2D eigenvalue weighted by Gasteiger charge is -2.13. The Bertz CT molecular complexity index is 1070. The highest BCUT2D eigenvalue weighted by atomic mass is 32.1. The van der Waals surface area contributed by atoms with Crippen molar-refractivity contribution in [3.8, 4) is 11.4 Å². The summed E-state index contributed by atoms with van der Waals surface area (Å²) >= 11 is 1.30. The number of fused-ring (bicyclic) bond motifs is 1. The van der Waals surface area contributed by atoms with Gasteiger partial charge in [-0.2, -0.15) is 0 Å². The predicted molar refractivity (Wildman–Crippen MR) is 110 cm³/mol. The van der Waals surface area contributed by atoms with Crippen LogP contribution in [0.15, 0.2) is 54.0 Å². The van der Waals surface area contributed by atoms with E-state index in [9.17, 15) is 14.4 Å². The lowest BCUT2D eigenvalue weighted by Crippen LogP contribution is -2.41. The zero-order valence-electron chi connectivity index (χ0n) is 15.2. The third-order valence-electron chi connectivity index (χ3n) is 4.39. The van der Waals surface area contributed by atoms with E-state index in [1.54, 1.807) is 30.5 Å². The number of amides is 3. The summed E-state index contributed by atoms with van der Waals surface area (Å²) in [7, 11) is 0. The molecule has 3 N–H and O–H groups in total. The molecule has 3 amide bonds. The van der Waals surface area contributed by atoms with Crippen molar-refractivity contribution in [2.75, 3.05) is 10.6 Å². The fourth-order valence-electron chi connectivity index (χ4n) is 2.94. The Morgan fingerprint density at radius 3 is 2.76 bits per heavy atom. The molecule has 0 saturated carbocycles. The third-order valence-corrected chi connectivity index (χ3v) is 5.15. The highest BCUT2D eigenvalue weighted by Gasteiger charge is 2.27. The van der Waals surface area contributed by atoms with Crippen molar-refractivity contribution in [1.29, 1.82) is 0 Å². The average molecular weight is 407 g/mol. The summed E-state index contributed by atoms with van der Waals surface area (Å²) in [5.74, 6) is -0.970. The molecule has 0 fully saturated rings. The van der Waals surface area contributed by atoms with E-state index >= 15 is 0 Å². The number of aromatic nitrogens is 2. The second-order valence-corrected chi connectivity index (χ2v) is 7.26. The largest absolute Gasteiger partial charge is 0.340 e. The zero-order valence-corrected chi connectivity index (χ0v) is 16.0. The summed E-state index contributed by atoms with van der Waals surface area (Å²) in [6.45, 7) is 0. The molecule has 3 aromatic rings. The van der Waals surface area contributed by atoms with E-state index in [0.717, 1.165) is 5.69 Å². The van der Waals surface area contributed by atoms with Crippen molar-refractivity contribution in [3.63, 3.8) is 0 Å². The monoisotopic (exact) mass is 407 g/mol. The Balaban J connectivity index is 1.35. The van der Waals surface area contributed by atoms with Gasteiger partial charge in [-0.05, 0) is 30.7 Å². The molecule has 1 aliphatic rings. The van der Waals surface area contributed by atoms with Crippen LogP contribution in [0.4, 0.5) is 10.8 Å². The molecule has 0 bridgehead atoms. The normalized spacial score (nSPS) is 15.7. The molecule has 4 rings (SSSR count). The Labute approximate surface area is 170 Å². The summed E-state index contributed by atoms with van der Waals surface area (Å²) < 4.78 is 0. The van der Waals surface area contributed by atoms with E-state index in [2.05, 4.69) is 25.9 Å². The number of rotatable bonds is 5. The first-order valence-corrected chi connectivity index (χ1v) is 9.85. The van der Waals surface area contributed by atoms with Gasteiger partial charge in [-0.3, -0.25) is 19.4 Å².